The minimum atomic E-state index is -0.370. The third kappa shape index (κ3) is 4.06. The summed E-state index contributed by atoms with van der Waals surface area (Å²) in [5.74, 6) is 1.59. The van der Waals surface area contributed by atoms with Crippen LogP contribution in [-0.2, 0) is 22.7 Å². The molecule has 2 aromatic rings. The van der Waals surface area contributed by atoms with Crippen LogP contribution in [0.1, 0.15) is 34.3 Å². The number of hydrogen-bond donors (Lipinski definition) is 1. The molecule has 9 nitrogen and oxygen atoms in total. The summed E-state index contributed by atoms with van der Waals surface area (Å²) in [7, 11) is 1.54. The fourth-order valence-electron chi connectivity index (χ4n) is 4.58. The van der Waals surface area contributed by atoms with Gasteiger partial charge in [-0.25, -0.2) is 0 Å². The van der Waals surface area contributed by atoms with E-state index in [1.54, 1.807) is 35.1 Å². The average molecular weight is 451 g/mol. The smallest absolute Gasteiger partial charge is 0.251 e. The van der Waals surface area contributed by atoms with Crippen LogP contribution in [-0.4, -0.2) is 60.6 Å². The number of fused-ring (bicyclic) bond motifs is 2. The number of amides is 3. The minimum absolute atomic E-state index is 0.0336. The molecular formula is C24H25N3O6. The van der Waals surface area contributed by atoms with E-state index in [0.29, 0.717) is 47.9 Å². The predicted octanol–water partition coefficient (Wildman–Crippen LogP) is 1.69. The van der Waals surface area contributed by atoms with Crippen molar-refractivity contribution in [3.8, 4) is 17.2 Å². The van der Waals surface area contributed by atoms with Gasteiger partial charge in [0.15, 0.2) is 11.5 Å². The van der Waals surface area contributed by atoms with Gasteiger partial charge in [-0.3, -0.25) is 14.4 Å². The lowest BCUT2D eigenvalue weighted by Crippen LogP contribution is -2.56. The molecular weight excluding hydrogens is 426 g/mol. The normalized spacial score (nSPS) is 19.0. The maximum absolute atomic E-state index is 12.9. The molecule has 2 aromatic carbocycles. The number of ether oxygens (including phenoxy) is 3. The zero-order valence-corrected chi connectivity index (χ0v) is 18.3. The molecule has 3 amide bonds. The summed E-state index contributed by atoms with van der Waals surface area (Å²) < 4.78 is 16.1. The highest BCUT2D eigenvalue weighted by molar-refractivity contribution is 5.96. The van der Waals surface area contributed by atoms with Crippen LogP contribution in [0.15, 0.2) is 36.4 Å². The molecule has 1 atom stereocenters. The second-order valence-corrected chi connectivity index (χ2v) is 8.34. The van der Waals surface area contributed by atoms with E-state index in [1.165, 1.54) is 0 Å². The molecule has 33 heavy (non-hydrogen) atoms. The summed E-state index contributed by atoms with van der Waals surface area (Å²) in [5, 5.41) is 2.90. The van der Waals surface area contributed by atoms with Gasteiger partial charge in [0.2, 0.25) is 18.6 Å². The van der Waals surface area contributed by atoms with Gasteiger partial charge in [-0.2, -0.15) is 0 Å². The van der Waals surface area contributed by atoms with Gasteiger partial charge in [0.1, 0.15) is 18.3 Å². The predicted molar refractivity (Wildman–Crippen MR) is 117 cm³/mol. The second kappa shape index (κ2) is 8.65. The molecule has 0 saturated carbocycles. The minimum Gasteiger partial charge on any atom is -0.496 e. The molecule has 3 aliphatic heterocycles. The third-order valence-electron chi connectivity index (χ3n) is 6.29. The Bertz CT molecular complexity index is 1120. The van der Waals surface area contributed by atoms with E-state index in [2.05, 4.69) is 5.32 Å². The van der Waals surface area contributed by atoms with Crippen LogP contribution in [0.25, 0.3) is 0 Å². The third-order valence-corrected chi connectivity index (χ3v) is 6.29. The summed E-state index contributed by atoms with van der Waals surface area (Å²) in [4.78, 5) is 41.4. The van der Waals surface area contributed by atoms with Crippen molar-refractivity contribution in [3.63, 3.8) is 0 Å². The van der Waals surface area contributed by atoms with Crippen molar-refractivity contribution >= 4 is 17.7 Å². The standard InChI is InChI=1S/C24H25N3O6/c1-31-19-7-5-16(23(29)25-11-15-4-6-20-21(9-15)33-14-32-20)10-17(19)12-26-13-22(28)27-8-2-3-18(27)24(26)30/h4-7,9-10,18H,2-3,8,11-14H2,1H3,(H,25,29). The fraction of sp³-hybridized carbons (Fsp3) is 0.375. The van der Waals surface area contributed by atoms with Gasteiger partial charge in [0.25, 0.3) is 5.91 Å². The molecule has 3 heterocycles. The van der Waals surface area contributed by atoms with Crippen molar-refractivity contribution in [1.82, 2.24) is 15.1 Å². The molecule has 0 spiro atoms. The Hall–Kier alpha value is -3.75. The Kier molecular flexibility index (Phi) is 5.53. The SMILES string of the molecule is COc1ccc(C(=O)NCc2ccc3c(c2)OCO3)cc1CN1CC(=O)N2CCCC2C1=O. The maximum Gasteiger partial charge on any atom is 0.251 e. The molecule has 9 heteroatoms. The lowest BCUT2D eigenvalue weighted by molar-refractivity contribution is -0.154. The zero-order valence-electron chi connectivity index (χ0n) is 18.3. The van der Waals surface area contributed by atoms with Crippen LogP contribution in [0, 0.1) is 0 Å². The first kappa shape index (κ1) is 21.1. The summed E-state index contributed by atoms with van der Waals surface area (Å²) in [6.45, 7) is 1.42. The second-order valence-electron chi connectivity index (χ2n) is 8.34. The lowest BCUT2D eigenvalue weighted by atomic mass is 10.1. The molecule has 1 N–H and O–H groups in total. The van der Waals surface area contributed by atoms with E-state index in [-0.39, 0.29) is 43.6 Å². The molecule has 1 unspecified atom stereocenters. The molecule has 0 radical (unpaired) electrons. The molecule has 172 valence electrons. The van der Waals surface area contributed by atoms with E-state index in [0.717, 1.165) is 12.0 Å². The number of nitrogens with zero attached hydrogens (tertiary/aromatic N) is 2. The van der Waals surface area contributed by atoms with Crippen molar-refractivity contribution in [3.05, 3.63) is 53.1 Å². The topological polar surface area (TPSA) is 97.4 Å². The number of methoxy groups -OCH3 is 1. The molecule has 0 aliphatic carbocycles. The number of benzene rings is 2. The van der Waals surface area contributed by atoms with Gasteiger partial charge in [-0.1, -0.05) is 6.07 Å². The van der Waals surface area contributed by atoms with Gasteiger partial charge in [0.05, 0.1) is 7.11 Å². The van der Waals surface area contributed by atoms with Crippen LogP contribution >= 0.6 is 0 Å². The monoisotopic (exact) mass is 451 g/mol. The molecule has 0 bridgehead atoms. The van der Waals surface area contributed by atoms with Crippen LogP contribution < -0.4 is 19.5 Å². The number of piperazine rings is 1. The van der Waals surface area contributed by atoms with E-state index in [4.69, 9.17) is 14.2 Å². The number of rotatable bonds is 6. The van der Waals surface area contributed by atoms with Gasteiger partial charge < -0.3 is 29.3 Å². The van der Waals surface area contributed by atoms with Crippen LogP contribution in [0.2, 0.25) is 0 Å². The highest BCUT2D eigenvalue weighted by Gasteiger charge is 2.41. The van der Waals surface area contributed by atoms with E-state index < -0.39 is 0 Å². The Morgan fingerprint density at radius 1 is 1.15 bits per heavy atom. The number of carbonyl (C=O) groups is 3. The van der Waals surface area contributed by atoms with E-state index in [1.807, 2.05) is 18.2 Å². The van der Waals surface area contributed by atoms with Crippen molar-refractivity contribution in [2.24, 2.45) is 0 Å². The first-order valence-electron chi connectivity index (χ1n) is 11.0. The highest BCUT2D eigenvalue weighted by Crippen LogP contribution is 2.32. The first-order chi connectivity index (χ1) is 16.0. The number of carbonyl (C=O) groups excluding carboxylic acids is 3. The first-order valence-corrected chi connectivity index (χ1v) is 11.0. The van der Waals surface area contributed by atoms with E-state index in [9.17, 15) is 14.4 Å². The zero-order chi connectivity index (χ0) is 22.9. The van der Waals surface area contributed by atoms with Crippen molar-refractivity contribution < 1.29 is 28.6 Å². The van der Waals surface area contributed by atoms with Gasteiger partial charge in [-0.15, -0.1) is 0 Å². The van der Waals surface area contributed by atoms with Gasteiger partial charge in [-0.05, 0) is 48.7 Å². The largest absolute Gasteiger partial charge is 0.496 e. The molecule has 5 rings (SSSR count). The summed E-state index contributed by atoms with van der Waals surface area (Å²) in [6.07, 6.45) is 1.54. The Morgan fingerprint density at radius 2 is 2.00 bits per heavy atom. The summed E-state index contributed by atoms with van der Waals surface area (Å²) >= 11 is 0. The number of hydrogen-bond acceptors (Lipinski definition) is 6. The molecule has 3 aliphatic rings. The Labute approximate surface area is 191 Å². The van der Waals surface area contributed by atoms with Crippen LogP contribution in [0.4, 0.5) is 0 Å². The van der Waals surface area contributed by atoms with Gasteiger partial charge in [0, 0.05) is 30.8 Å². The Balaban J connectivity index is 1.29. The molecule has 2 saturated heterocycles. The quantitative estimate of drug-likeness (QED) is 0.718. The fourth-order valence-corrected chi connectivity index (χ4v) is 4.58. The average Bonchev–Trinajstić information content (AvgIpc) is 3.50. The highest BCUT2D eigenvalue weighted by atomic mass is 16.7. The summed E-state index contributed by atoms with van der Waals surface area (Å²) in [6, 6.07) is 10.3. The molecule has 0 aromatic heterocycles. The maximum atomic E-state index is 12.9. The number of nitrogens with one attached hydrogen (secondary N) is 1. The van der Waals surface area contributed by atoms with Crippen molar-refractivity contribution in [2.75, 3.05) is 27.0 Å². The lowest BCUT2D eigenvalue weighted by Gasteiger charge is -2.36. The van der Waals surface area contributed by atoms with Gasteiger partial charge >= 0.3 is 0 Å². The van der Waals surface area contributed by atoms with Crippen LogP contribution in [0.5, 0.6) is 17.2 Å². The van der Waals surface area contributed by atoms with E-state index >= 15 is 0 Å². The molecule has 2 fully saturated rings. The Morgan fingerprint density at radius 3 is 2.85 bits per heavy atom. The van der Waals surface area contributed by atoms with Crippen molar-refractivity contribution in [1.29, 1.82) is 0 Å². The van der Waals surface area contributed by atoms with Crippen LogP contribution in [0.3, 0.4) is 0 Å². The van der Waals surface area contributed by atoms with Crippen molar-refractivity contribution in [2.45, 2.75) is 32.0 Å². The summed E-state index contributed by atoms with van der Waals surface area (Å²) in [5.41, 5.74) is 2.02.